The summed E-state index contributed by atoms with van der Waals surface area (Å²) in [6, 6.07) is 0. The standard InChI is InChI=1S/C27H44O/c1-18(2)7-6-8-19(3)23-11-12-24-22-10-9-20-17-21(28)13-15-26(20,4)25(22)14-16-27(23,24)5/h9-10,18-19,21,23-25,28H,6-8,11-17H2,1-5H3/t19-,21+,23-,24+,25-,26-,27+/m0/s1. The normalized spacial score (nSPS) is 43.7. The van der Waals surface area contributed by atoms with Crippen molar-refractivity contribution in [3.05, 3.63) is 23.3 Å². The average Bonchev–Trinajstić information content (AvgIpc) is 2.99. The van der Waals surface area contributed by atoms with E-state index in [2.05, 4.69) is 46.8 Å². The molecule has 3 fully saturated rings. The van der Waals surface area contributed by atoms with Crippen LogP contribution in [-0.4, -0.2) is 11.2 Å². The summed E-state index contributed by atoms with van der Waals surface area (Å²) in [4.78, 5) is 0. The molecule has 1 N–H and O–H groups in total. The zero-order chi connectivity index (χ0) is 20.1. The van der Waals surface area contributed by atoms with E-state index in [4.69, 9.17) is 0 Å². The maximum Gasteiger partial charge on any atom is 0.0578 e. The van der Waals surface area contributed by atoms with Gasteiger partial charge in [-0.2, -0.15) is 0 Å². The van der Waals surface area contributed by atoms with Crippen LogP contribution in [0.15, 0.2) is 23.3 Å². The van der Waals surface area contributed by atoms with Gasteiger partial charge in [-0.1, -0.05) is 77.2 Å². The Morgan fingerprint density at radius 2 is 1.75 bits per heavy atom. The van der Waals surface area contributed by atoms with Crippen molar-refractivity contribution >= 4 is 0 Å². The molecule has 0 aliphatic heterocycles. The Bertz CT molecular complexity index is 643. The van der Waals surface area contributed by atoms with Crippen molar-refractivity contribution in [2.75, 3.05) is 0 Å². The lowest BCUT2D eigenvalue weighted by atomic mass is 9.50. The number of fused-ring (bicyclic) bond motifs is 5. The maximum absolute atomic E-state index is 10.2. The summed E-state index contributed by atoms with van der Waals surface area (Å²) < 4.78 is 0. The van der Waals surface area contributed by atoms with E-state index in [1.807, 2.05) is 0 Å². The molecule has 0 radical (unpaired) electrons. The molecule has 158 valence electrons. The van der Waals surface area contributed by atoms with Gasteiger partial charge in [0.1, 0.15) is 0 Å². The minimum absolute atomic E-state index is 0.106. The Kier molecular flexibility index (Phi) is 5.62. The fraction of sp³-hybridized carbons (Fsp3) is 0.852. The van der Waals surface area contributed by atoms with Crippen LogP contribution < -0.4 is 0 Å². The van der Waals surface area contributed by atoms with Crippen molar-refractivity contribution < 1.29 is 5.11 Å². The van der Waals surface area contributed by atoms with Crippen LogP contribution in [0.25, 0.3) is 0 Å². The van der Waals surface area contributed by atoms with E-state index in [0.717, 1.165) is 42.4 Å². The molecule has 0 saturated heterocycles. The number of allylic oxidation sites excluding steroid dienone is 3. The molecule has 0 aromatic rings. The lowest BCUT2D eigenvalue weighted by Crippen LogP contribution is -2.46. The van der Waals surface area contributed by atoms with Gasteiger partial charge < -0.3 is 5.11 Å². The fourth-order valence-corrected chi connectivity index (χ4v) is 8.01. The van der Waals surface area contributed by atoms with E-state index >= 15 is 0 Å². The zero-order valence-electron chi connectivity index (χ0n) is 19.1. The SMILES string of the molecule is CC(C)CCC[C@H](C)[C@@H]1CC[C@@H]2C3=CC=C4C[C@H](O)CC[C@]4(C)[C@H]3CC[C@@]21C. The van der Waals surface area contributed by atoms with E-state index in [1.54, 1.807) is 11.1 Å². The third-order valence-electron chi connectivity index (χ3n) is 9.75. The lowest BCUT2D eigenvalue weighted by molar-refractivity contribution is 0.0323. The first-order chi connectivity index (χ1) is 13.3. The van der Waals surface area contributed by atoms with Gasteiger partial charge in [0.15, 0.2) is 0 Å². The Morgan fingerprint density at radius 3 is 2.50 bits per heavy atom. The van der Waals surface area contributed by atoms with Crippen LogP contribution in [-0.2, 0) is 0 Å². The molecule has 0 unspecified atom stereocenters. The zero-order valence-corrected chi connectivity index (χ0v) is 19.1. The topological polar surface area (TPSA) is 20.2 Å². The van der Waals surface area contributed by atoms with Crippen LogP contribution in [0.3, 0.4) is 0 Å². The van der Waals surface area contributed by atoms with Crippen molar-refractivity contribution in [3.63, 3.8) is 0 Å². The van der Waals surface area contributed by atoms with Crippen LogP contribution in [0.2, 0.25) is 0 Å². The van der Waals surface area contributed by atoms with Gasteiger partial charge in [-0.05, 0) is 85.4 Å². The molecule has 28 heavy (non-hydrogen) atoms. The second-order valence-electron chi connectivity index (χ2n) is 11.8. The van der Waals surface area contributed by atoms with Crippen LogP contribution >= 0.6 is 0 Å². The third-order valence-corrected chi connectivity index (χ3v) is 9.75. The molecule has 3 saturated carbocycles. The Morgan fingerprint density at radius 1 is 0.964 bits per heavy atom. The Balaban J connectivity index is 1.53. The predicted molar refractivity (Wildman–Crippen MR) is 119 cm³/mol. The maximum atomic E-state index is 10.2. The second-order valence-corrected chi connectivity index (χ2v) is 11.8. The quantitative estimate of drug-likeness (QED) is 0.527. The van der Waals surface area contributed by atoms with Crippen molar-refractivity contribution in [3.8, 4) is 0 Å². The first kappa shape index (κ1) is 20.7. The molecule has 0 heterocycles. The van der Waals surface area contributed by atoms with Gasteiger partial charge in [0.05, 0.1) is 6.10 Å². The van der Waals surface area contributed by atoms with Gasteiger partial charge in [-0.3, -0.25) is 0 Å². The van der Waals surface area contributed by atoms with Crippen LogP contribution in [0.4, 0.5) is 0 Å². The Labute approximate surface area is 174 Å². The first-order valence-corrected chi connectivity index (χ1v) is 12.3. The van der Waals surface area contributed by atoms with E-state index in [1.165, 1.54) is 51.4 Å². The second kappa shape index (κ2) is 7.60. The van der Waals surface area contributed by atoms with E-state index in [-0.39, 0.29) is 6.10 Å². The molecule has 1 heteroatoms. The molecule has 7 atom stereocenters. The molecular formula is C27H44O. The summed E-state index contributed by atoms with van der Waals surface area (Å²) in [6.07, 6.45) is 17.8. The number of aliphatic hydroxyl groups is 1. The summed E-state index contributed by atoms with van der Waals surface area (Å²) in [5.41, 5.74) is 4.19. The molecule has 4 aliphatic rings. The highest BCUT2D eigenvalue weighted by molar-refractivity contribution is 5.38. The van der Waals surface area contributed by atoms with Gasteiger partial charge in [-0.15, -0.1) is 0 Å². The van der Waals surface area contributed by atoms with E-state index < -0.39 is 0 Å². The van der Waals surface area contributed by atoms with Crippen LogP contribution in [0.5, 0.6) is 0 Å². The Hall–Kier alpha value is -0.560. The number of hydrogen-bond donors (Lipinski definition) is 1. The largest absolute Gasteiger partial charge is 0.393 e. The molecule has 0 amide bonds. The summed E-state index contributed by atoms with van der Waals surface area (Å²) in [5, 5.41) is 10.2. The summed E-state index contributed by atoms with van der Waals surface area (Å²) in [5.74, 6) is 4.19. The average molecular weight is 385 g/mol. The summed E-state index contributed by atoms with van der Waals surface area (Å²) in [6.45, 7) is 12.5. The van der Waals surface area contributed by atoms with Crippen molar-refractivity contribution in [1.29, 1.82) is 0 Å². The van der Waals surface area contributed by atoms with Gasteiger partial charge in [0.25, 0.3) is 0 Å². The predicted octanol–water partition coefficient (Wildman–Crippen LogP) is 7.31. The lowest BCUT2D eigenvalue weighted by Gasteiger charge is -2.55. The molecule has 0 aromatic heterocycles. The summed E-state index contributed by atoms with van der Waals surface area (Å²) in [7, 11) is 0. The number of hydrogen-bond acceptors (Lipinski definition) is 1. The molecule has 4 aliphatic carbocycles. The highest BCUT2D eigenvalue weighted by atomic mass is 16.3. The highest BCUT2D eigenvalue weighted by Gasteiger charge is 2.56. The van der Waals surface area contributed by atoms with Crippen molar-refractivity contribution in [2.45, 2.75) is 105 Å². The van der Waals surface area contributed by atoms with Crippen LogP contribution in [0, 0.1) is 40.4 Å². The van der Waals surface area contributed by atoms with Crippen molar-refractivity contribution in [1.82, 2.24) is 0 Å². The van der Waals surface area contributed by atoms with Crippen LogP contribution in [0.1, 0.15) is 98.8 Å². The first-order valence-electron chi connectivity index (χ1n) is 12.3. The third kappa shape index (κ3) is 3.34. The fourth-order valence-electron chi connectivity index (χ4n) is 8.01. The monoisotopic (exact) mass is 384 g/mol. The minimum atomic E-state index is -0.106. The van der Waals surface area contributed by atoms with Gasteiger partial charge in [0.2, 0.25) is 0 Å². The summed E-state index contributed by atoms with van der Waals surface area (Å²) >= 11 is 0. The highest BCUT2D eigenvalue weighted by Crippen LogP contribution is 2.66. The number of aliphatic hydroxyl groups excluding tert-OH is 1. The molecule has 0 aromatic carbocycles. The van der Waals surface area contributed by atoms with E-state index in [9.17, 15) is 5.11 Å². The van der Waals surface area contributed by atoms with Gasteiger partial charge in [0, 0.05) is 0 Å². The molecule has 0 spiro atoms. The van der Waals surface area contributed by atoms with E-state index in [0.29, 0.717) is 10.8 Å². The van der Waals surface area contributed by atoms with Crippen molar-refractivity contribution in [2.24, 2.45) is 40.4 Å². The number of rotatable bonds is 5. The minimum Gasteiger partial charge on any atom is -0.393 e. The molecular weight excluding hydrogens is 340 g/mol. The van der Waals surface area contributed by atoms with Gasteiger partial charge in [-0.25, -0.2) is 0 Å². The smallest absolute Gasteiger partial charge is 0.0578 e. The van der Waals surface area contributed by atoms with Gasteiger partial charge >= 0.3 is 0 Å². The molecule has 1 nitrogen and oxygen atoms in total. The molecule has 4 rings (SSSR count). The molecule has 0 bridgehead atoms.